The number of rotatable bonds is 6. The van der Waals surface area contributed by atoms with Crippen molar-refractivity contribution >= 4 is 40.3 Å². The summed E-state index contributed by atoms with van der Waals surface area (Å²) in [7, 11) is 4.73. The number of nitro groups is 2. The molecule has 32 heavy (non-hydrogen) atoms. The number of anilines is 2. The smallest absolute Gasteiger partial charge is 0.294 e. The number of halogens is 1. The highest BCUT2D eigenvalue weighted by Gasteiger charge is 2.30. The van der Waals surface area contributed by atoms with Crippen molar-refractivity contribution in [3.63, 3.8) is 0 Å². The summed E-state index contributed by atoms with van der Waals surface area (Å²) < 4.78 is 5.33. The molecule has 1 aliphatic rings. The molecule has 0 N–H and O–H groups in total. The van der Waals surface area contributed by atoms with Gasteiger partial charge in [0.1, 0.15) is 17.1 Å². The largest absolute Gasteiger partial charge is 0.496 e. The topological polar surface area (TPSA) is 122 Å². The SMILES string of the molecule is COc1cc(N(C)C)c([N+](=O)[O-])cc1C(=O)N1CCN(c2ccc(Cl)cc2[N+](=O)[O-])CC1. The molecule has 0 aliphatic carbocycles. The third-order valence-corrected chi connectivity index (χ3v) is 5.48. The number of hydrogen-bond donors (Lipinski definition) is 0. The summed E-state index contributed by atoms with van der Waals surface area (Å²) in [6, 6.07) is 7.17. The van der Waals surface area contributed by atoms with Crippen LogP contribution in [0.15, 0.2) is 30.3 Å². The van der Waals surface area contributed by atoms with Gasteiger partial charge in [0.25, 0.3) is 17.3 Å². The van der Waals surface area contributed by atoms with Gasteiger partial charge >= 0.3 is 0 Å². The molecule has 2 aromatic carbocycles. The second-order valence-electron chi connectivity index (χ2n) is 7.36. The van der Waals surface area contributed by atoms with Crippen LogP contribution in [-0.4, -0.2) is 68.0 Å². The molecule has 0 atom stereocenters. The normalized spacial score (nSPS) is 13.6. The Bertz CT molecular complexity index is 1070. The molecule has 0 radical (unpaired) electrons. The van der Waals surface area contributed by atoms with Crippen LogP contribution < -0.4 is 14.5 Å². The highest BCUT2D eigenvalue weighted by Crippen LogP contribution is 2.36. The van der Waals surface area contributed by atoms with E-state index in [0.717, 1.165) is 0 Å². The molecule has 0 saturated carbocycles. The first-order valence-electron chi connectivity index (χ1n) is 9.66. The second-order valence-corrected chi connectivity index (χ2v) is 7.80. The maximum absolute atomic E-state index is 13.2. The van der Waals surface area contributed by atoms with Crippen molar-refractivity contribution in [1.29, 1.82) is 0 Å². The van der Waals surface area contributed by atoms with Crippen LogP contribution in [0.25, 0.3) is 0 Å². The first kappa shape index (κ1) is 23.1. The fraction of sp³-hybridized carbons (Fsp3) is 0.350. The number of benzene rings is 2. The van der Waals surface area contributed by atoms with Crippen LogP contribution in [0.4, 0.5) is 22.7 Å². The number of methoxy groups -OCH3 is 1. The third-order valence-electron chi connectivity index (χ3n) is 5.25. The van der Waals surface area contributed by atoms with Crippen LogP contribution in [-0.2, 0) is 0 Å². The zero-order valence-corrected chi connectivity index (χ0v) is 18.5. The number of carbonyl (C=O) groups excluding carboxylic acids is 1. The van der Waals surface area contributed by atoms with Crippen molar-refractivity contribution in [3.05, 3.63) is 61.1 Å². The zero-order valence-electron chi connectivity index (χ0n) is 17.8. The molecule has 2 aromatic rings. The van der Waals surface area contributed by atoms with Crippen LogP contribution in [0.5, 0.6) is 5.75 Å². The van der Waals surface area contributed by atoms with Crippen molar-refractivity contribution in [3.8, 4) is 5.75 Å². The minimum atomic E-state index is -0.539. The number of ether oxygens (including phenoxy) is 1. The molecular weight excluding hydrogens is 442 g/mol. The lowest BCUT2D eigenvalue weighted by Gasteiger charge is -2.36. The second kappa shape index (κ2) is 9.27. The first-order valence-corrected chi connectivity index (χ1v) is 10.0. The average Bonchev–Trinajstić information content (AvgIpc) is 2.77. The van der Waals surface area contributed by atoms with Gasteiger partial charge in [-0.05, 0) is 12.1 Å². The zero-order chi connectivity index (χ0) is 23.6. The molecule has 1 heterocycles. The lowest BCUT2D eigenvalue weighted by Crippen LogP contribution is -2.49. The Kier molecular flexibility index (Phi) is 6.68. The van der Waals surface area contributed by atoms with Crippen molar-refractivity contribution in [2.45, 2.75) is 0 Å². The van der Waals surface area contributed by atoms with E-state index >= 15 is 0 Å². The molecule has 1 saturated heterocycles. The Morgan fingerprint density at radius 1 is 1.03 bits per heavy atom. The molecule has 170 valence electrons. The molecule has 1 fully saturated rings. The molecule has 1 aliphatic heterocycles. The van der Waals surface area contributed by atoms with Crippen LogP contribution >= 0.6 is 11.6 Å². The van der Waals surface area contributed by atoms with Gasteiger partial charge < -0.3 is 19.4 Å². The van der Waals surface area contributed by atoms with Gasteiger partial charge in [-0.3, -0.25) is 25.0 Å². The molecule has 0 unspecified atom stereocenters. The molecule has 3 rings (SSSR count). The molecule has 1 amide bonds. The number of nitrogens with zero attached hydrogens (tertiary/aromatic N) is 5. The summed E-state index contributed by atoms with van der Waals surface area (Å²) in [5.41, 5.74) is 0.539. The Labute approximate surface area is 189 Å². The molecule has 0 aromatic heterocycles. The predicted octanol–water partition coefficient (Wildman–Crippen LogP) is 3.19. The minimum Gasteiger partial charge on any atom is -0.496 e. The first-order chi connectivity index (χ1) is 15.1. The quantitative estimate of drug-likeness (QED) is 0.472. The fourth-order valence-corrected chi connectivity index (χ4v) is 3.80. The van der Waals surface area contributed by atoms with E-state index < -0.39 is 15.8 Å². The number of carbonyl (C=O) groups is 1. The lowest BCUT2D eigenvalue weighted by molar-refractivity contribution is -0.384. The summed E-state index contributed by atoms with van der Waals surface area (Å²) >= 11 is 5.89. The number of amides is 1. The molecule has 12 heteroatoms. The maximum atomic E-state index is 13.2. The van der Waals surface area contributed by atoms with Crippen molar-refractivity contribution < 1.29 is 19.4 Å². The average molecular weight is 464 g/mol. The van der Waals surface area contributed by atoms with Gasteiger partial charge in [-0.15, -0.1) is 0 Å². The Balaban J connectivity index is 1.84. The van der Waals surface area contributed by atoms with Gasteiger partial charge in [0.2, 0.25) is 0 Å². The van der Waals surface area contributed by atoms with E-state index in [9.17, 15) is 25.0 Å². The van der Waals surface area contributed by atoms with Crippen LogP contribution in [0.2, 0.25) is 5.02 Å². The van der Waals surface area contributed by atoms with Gasteiger partial charge in [-0.2, -0.15) is 0 Å². The molecular formula is C20H22ClN5O6. The van der Waals surface area contributed by atoms with Gasteiger partial charge in [-0.1, -0.05) is 11.6 Å². The Morgan fingerprint density at radius 2 is 1.66 bits per heavy atom. The number of hydrogen-bond acceptors (Lipinski definition) is 8. The summed E-state index contributed by atoms with van der Waals surface area (Å²) in [6.45, 7) is 1.28. The summed E-state index contributed by atoms with van der Waals surface area (Å²) in [5.74, 6) is -0.166. The summed E-state index contributed by atoms with van der Waals surface area (Å²) in [6.07, 6.45) is 0. The van der Waals surface area contributed by atoms with Crippen LogP contribution in [0.3, 0.4) is 0 Å². The van der Waals surface area contributed by atoms with E-state index in [4.69, 9.17) is 16.3 Å². The number of nitro benzene ring substituents is 2. The Hall–Kier alpha value is -3.60. The molecule has 0 spiro atoms. The monoisotopic (exact) mass is 463 g/mol. The van der Waals surface area contributed by atoms with Gasteiger partial charge in [0, 0.05) is 63.5 Å². The van der Waals surface area contributed by atoms with Gasteiger partial charge in [-0.25, -0.2) is 0 Å². The third kappa shape index (κ3) is 4.52. The standard InChI is InChI=1S/C20H22ClN5O6/c1-22(2)16-12-19(32-3)14(11-18(16)26(30)31)20(27)24-8-6-23(7-9-24)15-5-4-13(21)10-17(15)25(28)29/h4-5,10-12H,6-9H2,1-3H3. The van der Waals surface area contributed by atoms with E-state index in [2.05, 4.69) is 0 Å². The van der Waals surface area contributed by atoms with Crippen molar-refractivity contribution in [1.82, 2.24) is 4.90 Å². The summed E-state index contributed by atoms with van der Waals surface area (Å²) in [5, 5.41) is 23.2. The lowest BCUT2D eigenvalue weighted by atomic mass is 10.1. The van der Waals surface area contributed by atoms with E-state index in [1.807, 2.05) is 4.90 Å². The predicted molar refractivity (Wildman–Crippen MR) is 120 cm³/mol. The highest BCUT2D eigenvalue weighted by atomic mass is 35.5. The Morgan fingerprint density at radius 3 is 2.19 bits per heavy atom. The highest BCUT2D eigenvalue weighted by molar-refractivity contribution is 6.30. The van der Waals surface area contributed by atoms with Gasteiger partial charge in [0.15, 0.2) is 0 Å². The van der Waals surface area contributed by atoms with E-state index in [0.29, 0.717) is 24.5 Å². The van der Waals surface area contributed by atoms with Crippen molar-refractivity contribution in [2.24, 2.45) is 0 Å². The van der Waals surface area contributed by atoms with Crippen molar-refractivity contribution in [2.75, 3.05) is 57.2 Å². The number of piperazine rings is 1. The van der Waals surface area contributed by atoms with Gasteiger partial charge in [0.05, 0.1) is 22.5 Å². The van der Waals surface area contributed by atoms with Crippen LogP contribution in [0.1, 0.15) is 10.4 Å². The van der Waals surface area contributed by atoms with E-state index in [1.54, 1.807) is 36.0 Å². The van der Waals surface area contributed by atoms with E-state index in [1.165, 1.54) is 25.3 Å². The van der Waals surface area contributed by atoms with Crippen LogP contribution in [0, 0.1) is 20.2 Å². The minimum absolute atomic E-state index is 0.0933. The summed E-state index contributed by atoms with van der Waals surface area (Å²) in [4.78, 5) is 40.0. The maximum Gasteiger partial charge on any atom is 0.294 e. The van der Waals surface area contributed by atoms with E-state index in [-0.39, 0.29) is 40.8 Å². The fourth-order valence-electron chi connectivity index (χ4n) is 3.63. The molecule has 0 bridgehead atoms. The molecule has 11 nitrogen and oxygen atoms in total.